The first-order valence-corrected chi connectivity index (χ1v) is 11.2. The number of ether oxygens (including phenoxy) is 1. The van der Waals surface area contributed by atoms with Crippen molar-refractivity contribution in [1.29, 1.82) is 0 Å². The third-order valence-corrected chi connectivity index (χ3v) is 5.93. The summed E-state index contributed by atoms with van der Waals surface area (Å²) in [6, 6.07) is 12.2. The number of aromatic nitrogens is 3. The van der Waals surface area contributed by atoms with Gasteiger partial charge in [0.1, 0.15) is 5.75 Å². The van der Waals surface area contributed by atoms with Gasteiger partial charge in [-0.25, -0.2) is 0 Å². The van der Waals surface area contributed by atoms with E-state index in [1.165, 1.54) is 11.8 Å². The summed E-state index contributed by atoms with van der Waals surface area (Å²) in [6.07, 6.45) is -0.367. The van der Waals surface area contributed by atoms with Crippen LogP contribution in [0.5, 0.6) is 5.75 Å². The van der Waals surface area contributed by atoms with Crippen LogP contribution in [0, 0.1) is 0 Å². The van der Waals surface area contributed by atoms with Crippen LogP contribution in [0.15, 0.2) is 47.6 Å². The van der Waals surface area contributed by atoms with E-state index in [-0.39, 0.29) is 17.8 Å². The number of amides is 1. The Hall–Kier alpha value is -1.93. The first-order chi connectivity index (χ1) is 14.4. The maximum absolute atomic E-state index is 12.3. The number of hydrogen-bond acceptors (Lipinski definition) is 5. The number of carbonyl (C=O) groups is 1. The first-order valence-electron chi connectivity index (χ1n) is 9.11. The summed E-state index contributed by atoms with van der Waals surface area (Å²) in [5, 5.41) is 13.3. The van der Waals surface area contributed by atoms with Crippen molar-refractivity contribution in [3.05, 3.63) is 63.4 Å². The SMILES string of the molecule is CCn1c(SCC(=O)Nc2ccc(Cl)cc2Cl)nnc1C(C)Oc1ccccc1Cl. The Kier molecular flexibility index (Phi) is 7.88. The second-order valence-corrected chi connectivity index (χ2v) is 8.43. The fourth-order valence-corrected chi connectivity index (χ4v) is 4.14. The Labute approximate surface area is 193 Å². The van der Waals surface area contributed by atoms with Crippen LogP contribution < -0.4 is 10.1 Å². The van der Waals surface area contributed by atoms with Gasteiger partial charge in [0.15, 0.2) is 17.1 Å². The highest BCUT2D eigenvalue weighted by Crippen LogP contribution is 2.30. The van der Waals surface area contributed by atoms with E-state index in [1.807, 2.05) is 30.5 Å². The normalized spacial score (nSPS) is 11.9. The molecular formula is C20H19Cl3N4O2S. The van der Waals surface area contributed by atoms with E-state index < -0.39 is 0 Å². The Morgan fingerprint density at radius 3 is 2.63 bits per heavy atom. The molecule has 10 heteroatoms. The molecule has 30 heavy (non-hydrogen) atoms. The molecule has 0 radical (unpaired) electrons. The Balaban J connectivity index is 1.65. The van der Waals surface area contributed by atoms with Crippen LogP contribution in [-0.4, -0.2) is 26.4 Å². The van der Waals surface area contributed by atoms with E-state index in [0.29, 0.717) is 44.0 Å². The van der Waals surface area contributed by atoms with Gasteiger partial charge in [0, 0.05) is 11.6 Å². The number of hydrogen-bond donors (Lipinski definition) is 1. The molecule has 0 saturated carbocycles. The van der Waals surface area contributed by atoms with Gasteiger partial charge in [-0.05, 0) is 44.2 Å². The number of nitrogens with one attached hydrogen (secondary N) is 1. The number of carbonyl (C=O) groups excluding carboxylic acids is 1. The lowest BCUT2D eigenvalue weighted by Gasteiger charge is -2.16. The van der Waals surface area contributed by atoms with Crippen LogP contribution in [0.3, 0.4) is 0 Å². The molecule has 0 fully saturated rings. The molecule has 158 valence electrons. The molecule has 1 atom stereocenters. The lowest BCUT2D eigenvalue weighted by atomic mass is 10.3. The second-order valence-electron chi connectivity index (χ2n) is 6.24. The average molecular weight is 486 g/mol. The molecule has 3 rings (SSSR count). The predicted molar refractivity (Wildman–Crippen MR) is 122 cm³/mol. The fourth-order valence-electron chi connectivity index (χ4n) is 2.70. The van der Waals surface area contributed by atoms with E-state index in [2.05, 4.69) is 15.5 Å². The van der Waals surface area contributed by atoms with Crippen LogP contribution in [0.1, 0.15) is 25.8 Å². The van der Waals surface area contributed by atoms with Crippen molar-refractivity contribution < 1.29 is 9.53 Å². The van der Waals surface area contributed by atoms with Gasteiger partial charge in [-0.2, -0.15) is 0 Å². The number of rotatable bonds is 8. The number of anilines is 1. The summed E-state index contributed by atoms with van der Waals surface area (Å²) >= 11 is 19.4. The third-order valence-electron chi connectivity index (χ3n) is 4.10. The molecule has 6 nitrogen and oxygen atoms in total. The highest BCUT2D eigenvalue weighted by molar-refractivity contribution is 7.99. The number of nitrogens with zero attached hydrogens (tertiary/aromatic N) is 3. The zero-order chi connectivity index (χ0) is 21.7. The van der Waals surface area contributed by atoms with E-state index in [4.69, 9.17) is 39.5 Å². The van der Waals surface area contributed by atoms with Gasteiger partial charge in [0.05, 0.1) is 21.5 Å². The maximum Gasteiger partial charge on any atom is 0.234 e. The zero-order valence-electron chi connectivity index (χ0n) is 16.2. The molecule has 3 aromatic rings. The van der Waals surface area contributed by atoms with Crippen molar-refractivity contribution in [2.75, 3.05) is 11.1 Å². The van der Waals surface area contributed by atoms with Crippen LogP contribution in [0.4, 0.5) is 5.69 Å². The summed E-state index contributed by atoms with van der Waals surface area (Å²) in [6.45, 7) is 4.49. The standard InChI is InChI=1S/C20H19Cl3N4O2S/c1-3-27-19(12(2)29-17-7-5-4-6-14(17)22)25-26-20(27)30-11-18(28)24-16-9-8-13(21)10-15(16)23/h4-10,12H,3,11H2,1-2H3,(H,24,28). The van der Waals surface area contributed by atoms with Crippen molar-refractivity contribution in [2.45, 2.75) is 31.7 Å². The minimum atomic E-state index is -0.367. The van der Waals surface area contributed by atoms with Crippen molar-refractivity contribution >= 4 is 58.2 Å². The van der Waals surface area contributed by atoms with Gasteiger partial charge in [0.2, 0.25) is 5.91 Å². The molecule has 1 amide bonds. The van der Waals surface area contributed by atoms with Crippen LogP contribution >= 0.6 is 46.6 Å². The molecule has 1 unspecified atom stereocenters. The smallest absolute Gasteiger partial charge is 0.234 e. The topological polar surface area (TPSA) is 69.0 Å². The van der Waals surface area contributed by atoms with Crippen molar-refractivity contribution in [3.63, 3.8) is 0 Å². The van der Waals surface area contributed by atoms with Gasteiger partial charge in [-0.3, -0.25) is 4.79 Å². The molecule has 1 heterocycles. The Bertz CT molecular complexity index is 1040. The summed E-state index contributed by atoms with van der Waals surface area (Å²) in [7, 11) is 0. The van der Waals surface area contributed by atoms with Crippen molar-refractivity contribution in [2.24, 2.45) is 0 Å². The lowest BCUT2D eigenvalue weighted by Crippen LogP contribution is -2.15. The molecule has 1 aromatic heterocycles. The third kappa shape index (κ3) is 5.60. The van der Waals surface area contributed by atoms with E-state index in [1.54, 1.807) is 30.3 Å². The monoisotopic (exact) mass is 484 g/mol. The lowest BCUT2D eigenvalue weighted by molar-refractivity contribution is -0.113. The quantitative estimate of drug-likeness (QED) is 0.389. The number of halogens is 3. The summed E-state index contributed by atoms with van der Waals surface area (Å²) in [5.74, 6) is 1.17. The molecule has 0 spiro atoms. The molecule has 1 N–H and O–H groups in total. The van der Waals surface area contributed by atoms with Gasteiger partial charge in [-0.15, -0.1) is 10.2 Å². The zero-order valence-corrected chi connectivity index (χ0v) is 19.3. The number of para-hydroxylation sites is 1. The molecular weight excluding hydrogens is 467 g/mol. The van der Waals surface area contributed by atoms with E-state index in [9.17, 15) is 4.79 Å². The highest BCUT2D eigenvalue weighted by Gasteiger charge is 2.20. The molecule has 0 aliphatic rings. The number of benzene rings is 2. The van der Waals surface area contributed by atoms with Crippen LogP contribution in [0.25, 0.3) is 0 Å². The van der Waals surface area contributed by atoms with Crippen LogP contribution in [0.2, 0.25) is 15.1 Å². The molecule has 2 aromatic carbocycles. The summed E-state index contributed by atoms with van der Waals surface area (Å²) < 4.78 is 7.86. The molecule has 0 aliphatic carbocycles. The van der Waals surface area contributed by atoms with E-state index in [0.717, 1.165) is 0 Å². The molecule has 0 aliphatic heterocycles. The van der Waals surface area contributed by atoms with Gasteiger partial charge >= 0.3 is 0 Å². The Morgan fingerprint density at radius 2 is 1.93 bits per heavy atom. The first kappa shape index (κ1) is 22.7. The van der Waals surface area contributed by atoms with Gasteiger partial charge in [-0.1, -0.05) is 58.7 Å². The second kappa shape index (κ2) is 10.4. The van der Waals surface area contributed by atoms with Crippen molar-refractivity contribution in [3.8, 4) is 5.75 Å². The van der Waals surface area contributed by atoms with E-state index >= 15 is 0 Å². The largest absolute Gasteiger partial charge is 0.481 e. The van der Waals surface area contributed by atoms with Crippen molar-refractivity contribution in [1.82, 2.24) is 14.8 Å². The summed E-state index contributed by atoms with van der Waals surface area (Å²) in [4.78, 5) is 12.3. The Morgan fingerprint density at radius 1 is 1.17 bits per heavy atom. The average Bonchev–Trinajstić information content (AvgIpc) is 3.13. The highest BCUT2D eigenvalue weighted by atomic mass is 35.5. The van der Waals surface area contributed by atoms with Gasteiger partial charge < -0.3 is 14.6 Å². The fraction of sp³-hybridized carbons (Fsp3) is 0.250. The minimum absolute atomic E-state index is 0.150. The molecule has 0 bridgehead atoms. The minimum Gasteiger partial charge on any atom is -0.481 e. The maximum atomic E-state index is 12.3. The van der Waals surface area contributed by atoms with Gasteiger partial charge in [0.25, 0.3) is 0 Å². The summed E-state index contributed by atoms with van der Waals surface area (Å²) in [5.41, 5.74) is 0.506. The number of thioether (sulfide) groups is 1. The molecule has 0 saturated heterocycles. The predicted octanol–water partition coefficient (Wildman–Crippen LogP) is 6.13. The van der Waals surface area contributed by atoms with Crippen LogP contribution in [-0.2, 0) is 11.3 Å².